The highest BCUT2D eigenvalue weighted by Gasteiger charge is 2.24. The van der Waals surface area contributed by atoms with E-state index in [0.29, 0.717) is 57.3 Å². The first-order valence-electron chi connectivity index (χ1n) is 11.0. The van der Waals surface area contributed by atoms with E-state index in [9.17, 15) is 14.4 Å². The van der Waals surface area contributed by atoms with E-state index in [1.807, 2.05) is 11.8 Å². The van der Waals surface area contributed by atoms with E-state index >= 15 is 0 Å². The lowest BCUT2D eigenvalue weighted by Gasteiger charge is -2.19. The molecule has 2 heterocycles. The molecule has 0 bridgehead atoms. The van der Waals surface area contributed by atoms with Gasteiger partial charge in [0.1, 0.15) is 5.82 Å². The predicted molar refractivity (Wildman–Crippen MR) is 127 cm³/mol. The van der Waals surface area contributed by atoms with Gasteiger partial charge in [-0.15, -0.1) is 0 Å². The fourth-order valence-corrected chi connectivity index (χ4v) is 3.90. The lowest BCUT2D eigenvalue weighted by atomic mass is 10.1. The molecular formula is C24H30N4O6. The van der Waals surface area contributed by atoms with Crippen LogP contribution in [0.3, 0.4) is 0 Å². The topological polar surface area (TPSA) is 127 Å². The molecular weight excluding hydrogens is 440 g/mol. The van der Waals surface area contributed by atoms with Crippen LogP contribution in [0.5, 0.6) is 11.5 Å². The molecule has 3 aromatic rings. The number of hydrogen-bond donors (Lipinski definition) is 2. The lowest BCUT2D eigenvalue weighted by Crippen LogP contribution is -2.31. The SMILES string of the molecule is CCOC(=O)c1c(C)[nH]c(C(=O)CN(CC)Cc2nc3cc(OC)c(OC)cc3c(=O)[nH]2)c1C. The number of aromatic amines is 2. The zero-order chi connectivity index (χ0) is 25.0. The number of methoxy groups -OCH3 is 2. The second kappa shape index (κ2) is 10.5. The summed E-state index contributed by atoms with van der Waals surface area (Å²) in [5, 5.41) is 0.379. The number of fused-ring (bicyclic) bond motifs is 1. The van der Waals surface area contributed by atoms with Gasteiger partial charge in [0.25, 0.3) is 5.56 Å². The second-order valence-electron chi connectivity index (χ2n) is 7.81. The van der Waals surface area contributed by atoms with E-state index in [-0.39, 0.29) is 31.0 Å². The molecule has 2 N–H and O–H groups in total. The van der Waals surface area contributed by atoms with Crippen LogP contribution in [0, 0.1) is 13.8 Å². The van der Waals surface area contributed by atoms with Gasteiger partial charge in [-0.1, -0.05) is 6.92 Å². The minimum Gasteiger partial charge on any atom is -0.493 e. The molecule has 10 nitrogen and oxygen atoms in total. The Morgan fingerprint density at radius 1 is 1.06 bits per heavy atom. The van der Waals surface area contributed by atoms with Gasteiger partial charge >= 0.3 is 5.97 Å². The largest absolute Gasteiger partial charge is 0.493 e. The number of H-pyrrole nitrogens is 2. The maximum absolute atomic E-state index is 13.1. The summed E-state index contributed by atoms with van der Waals surface area (Å²) in [5.74, 6) is 0.704. The third-order valence-electron chi connectivity index (χ3n) is 5.64. The van der Waals surface area contributed by atoms with Crippen molar-refractivity contribution < 1.29 is 23.8 Å². The Morgan fingerprint density at radius 2 is 1.74 bits per heavy atom. The Kier molecular flexibility index (Phi) is 7.72. The van der Waals surface area contributed by atoms with Crippen molar-refractivity contribution in [2.75, 3.05) is 33.9 Å². The number of rotatable bonds is 10. The Labute approximate surface area is 197 Å². The molecule has 0 saturated carbocycles. The third kappa shape index (κ3) is 4.96. The fraction of sp³-hybridized carbons (Fsp3) is 0.417. The van der Waals surface area contributed by atoms with E-state index in [0.717, 1.165) is 0 Å². The van der Waals surface area contributed by atoms with Gasteiger partial charge in [-0.25, -0.2) is 9.78 Å². The van der Waals surface area contributed by atoms with Crippen molar-refractivity contribution in [1.29, 1.82) is 0 Å². The number of carbonyl (C=O) groups is 2. The number of ketones is 1. The third-order valence-corrected chi connectivity index (χ3v) is 5.64. The number of nitrogens with one attached hydrogen (secondary N) is 2. The molecule has 34 heavy (non-hydrogen) atoms. The number of nitrogens with zero attached hydrogens (tertiary/aromatic N) is 2. The zero-order valence-electron chi connectivity index (χ0n) is 20.3. The molecule has 10 heteroatoms. The summed E-state index contributed by atoms with van der Waals surface area (Å²) in [6.45, 7) is 8.24. The van der Waals surface area contributed by atoms with Crippen LogP contribution in [0.15, 0.2) is 16.9 Å². The van der Waals surface area contributed by atoms with Gasteiger partial charge in [-0.2, -0.15) is 0 Å². The molecule has 1 aromatic carbocycles. The highest BCUT2D eigenvalue weighted by atomic mass is 16.5. The Morgan fingerprint density at radius 3 is 2.35 bits per heavy atom. The maximum Gasteiger partial charge on any atom is 0.340 e. The maximum atomic E-state index is 13.1. The summed E-state index contributed by atoms with van der Waals surface area (Å²) >= 11 is 0. The van der Waals surface area contributed by atoms with Gasteiger partial charge in [0, 0.05) is 11.8 Å². The molecule has 0 aliphatic rings. The molecule has 0 spiro atoms. The number of esters is 1. The summed E-state index contributed by atoms with van der Waals surface area (Å²) in [4.78, 5) is 50.2. The van der Waals surface area contributed by atoms with Crippen LogP contribution >= 0.6 is 0 Å². The van der Waals surface area contributed by atoms with Gasteiger partial charge in [-0.3, -0.25) is 14.5 Å². The average molecular weight is 471 g/mol. The van der Waals surface area contributed by atoms with Crippen LogP contribution in [0.2, 0.25) is 0 Å². The van der Waals surface area contributed by atoms with E-state index < -0.39 is 5.97 Å². The van der Waals surface area contributed by atoms with Crippen LogP contribution in [-0.4, -0.2) is 65.5 Å². The van der Waals surface area contributed by atoms with Gasteiger partial charge in [0.2, 0.25) is 0 Å². The van der Waals surface area contributed by atoms with Crippen molar-refractivity contribution in [3.05, 3.63) is 50.8 Å². The van der Waals surface area contributed by atoms with Crippen molar-refractivity contribution in [3.8, 4) is 11.5 Å². The van der Waals surface area contributed by atoms with E-state index in [1.54, 1.807) is 32.9 Å². The van der Waals surface area contributed by atoms with Crippen LogP contribution in [0.4, 0.5) is 0 Å². The predicted octanol–water partition coefficient (Wildman–Crippen LogP) is 2.77. The fourth-order valence-electron chi connectivity index (χ4n) is 3.90. The number of benzene rings is 1. The number of likely N-dealkylation sites (N-methyl/N-ethyl adjacent to an activating group) is 1. The molecule has 3 rings (SSSR count). The molecule has 0 radical (unpaired) electrons. The van der Waals surface area contributed by atoms with E-state index in [2.05, 4.69) is 15.0 Å². The summed E-state index contributed by atoms with van der Waals surface area (Å²) in [7, 11) is 3.01. The number of ether oxygens (including phenoxy) is 3. The Balaban J connectivity index is 1.84. The van der Waals surface area contributed by atoms with E-state index in [4.69, 9.17) is 14.2 Å². The highest BCUT2D eigenvalue weighted by molar-refractivity contribution is 6.02. The van der Waals surface area contributed by atoms with E-state index in [1.165, 1.54) is 14.2 Å². The number of aromatic nitrogens is 3. The molecule has 0 aliphatic heterocycles. The van der Waals surface area contributed by atoms with Gasteiger partial charge in [0.15, 0.2) is 17.3 Å². The molecule has 182 valence electrons. The summed E-state index contributed by atoms with van der Waals surface area (Å²) in [5.41, 5.74) is 2.07. The summed E-state index contributed by atoms with van der Waals surface area (Å²) < 4.78 is 15.7. The molecule has 0 aliphatic carbocycles. The van der Waals surface area contributed by atoms with Gasteiger partial charge in [-0.05, 0) is 38.9 Å². The molecule has 0 fully saturated rings. The Hall–Kier alpha value is -3.66. The van der Waals surface area contributed by atoms with Crippen LogP contribution < -0.4 is 15.0 Å². The molecule has 2 aromatic heterocycles. The average Bonchev–Trinajstić information content (AvgIpc) is 3.11. The van der Waals surface area contributed by atoms with Crippen LogP contribution in [0.25, 0.3) is 10.9 Å². The normalized spacial score (nSPS) is 11.1. The smallest absolute Gasteiger partial charge is 0.340 e. The molecule has 0 amide bonds. The number of aryl methyl sites for hydroxylation is 1. The number of Topliss-reactive ketones (excluding diaryl/α,β-unsaturated/α-hetero) is 1. The first-order valence-corrected chi connectivity index (χ1v) is 11.0. The number of hydrogen-bond acceptors (Lipinski definition) is 8. The lowest BCUT2D eigenvalue weighted by molar-refractivity contribution is 0.0525. The summed E-state index contributed by atoms with van der Waals surface area (Å²) in [6.07, 6.45) is 0. The molecule has 0 saturated heterocycles. The standard InChI is InChI=1S/C24H30N4O6/c1-7-28(11-17(29)22-13(3)21(14(4)25-22)24(31)34-8-2)12-20-26-16-10-19(33-6)18(32-5)9-15(16)23(30)27-20/h9-10,25H,7-8,11-12H2,1-6H3,(H,26,27,30). The van der Waals surface area contributed by atoms with Crippen molar-refractivity contribution in [1.82, 2.24) is 19.9 Å². The first kappa shape index (κ1) is 25.0. The van der Waals surface area contributed by atoms with Gasteiger partial charge in [0.05, 0.1) is 56.1 Å². The minimum absolute atomic E-state index is 0.0766. The van der Waals surface area contributed by atoms with Crippen molar-refractivity contribution in [3.63, 3.8) is 0 Å². The van der Waals surface area contributed by atoms with Crippen molar-refractivity contribution >= 4 is 22.7 Å². The second-order valence-corrected chi connectivity index (χ2v) is 7.81. The molecule has 0 unspecified atom stereocenters. The van der Waals surface area contributed by atoms with Gasteiger partial charge < -0.3 is 24.2 Å². The van der Waals surface area contributed by atoms with Crippen molar-refractivity contribution in [2.24, 2.45) is 0 Å². The number of carbonyl (C=O) groups excluding carboxylic acids is 2. The highest BCUT2D eigenvalue weighted by Crippen LogP contribution is 2.30. The van der Waals surface area contributed by atoms with Crippen LogP contribution in [-0.2, 0) is 11.3 Å². The van der Waals surface area contributed by atoms with Crippen LogP contribution in [0.1, 0.15) is 51.8 Å². The monoisotopic (exact) mass is 470 g/mol. The Bertz CT molecular complexity index is 1280. The quantitative estimate of drug-likeness (QED) is 0.342. The summed E-state index contributed by atoms with van der Waals surface area (Å²) in [6, 6.07) is 3.23. The zero-order valence-corrected chi connectivity index (χ0v) is 20.3. The molecule has 0 atom stereocenters. The first-order chi connectivity index (χ1) is 16.2. The minimum atomic E-state index is -0.454. The van der Waals surface area contributed by atoms with Crippen molar-refractivity contribution in [2.45, 2.75) is 34.2 Å².